The minimum Gasteiger partial charge on any atom is -0.364 e. The number of primary amides is 1. The van der Waals surface area contributed by atoms with E-state index < -0.39 is 5.91 Å². The van der Waals surface area contributed by atoms with E-state index in [2.05, 4.69) is 29.4 Å². The van der Waals surface area contributed by atoms with Gasteiger partial charge in [0, 0.05) is 29.8 Å². The quantitative estimate of drug-likeness (QED) is 0.583. The number of hydrogen-bond acceptors (Lipinski definition) is 3. The number of H-pyrrole nitrogens is 1. The summed E-state index contributed by atoms with van der Waals surface area (Å²) in [7, 11) is 0. The van der Waals surface area contributed by atoms with Crippen LogP contribution in [0.25, 0.3) is 0 Å². The number of amides is 1. The molecular formula is C9H14N4O. The summed E-state index contributed by atoms with van der Waals surface area (Å²) in [5.74, 6) is -0.470. The fraction of sp³-hybridized carbons (Fsp3) is 0.556. The number of nitrogens with zero attached hydrogens (tertiary/aromatic N) is 1. The number of hydrogen-bond donors (Lipinski definition) is 3. The second-order valence-corrected chi connectivity index (χ2v) is 4.28. The molecule has 0 bridgehead atoms. The Bertz CT molecular complexity index is 380. The van der Waals surface area contributed by atoms with Crippen molar-refractivity contribution in [1.29, 1.82) is 0 Å². The molecule has 4 N–H and O–H groups in total. The molecule has 5 heteroatoms. The van der Waals surface area contributed by atoms with Crippen LogP contribution >= 0.6 is 0 Å². The van der Waals surface area contributed by atoms with Crippen LogP contribution in [0.1, 0.15) is 35.6 Å². The van der Waals surface area contributed by atoms with Crippen molar-refractivity contribution < 1.29 is 4.79 Å². The minimum absolute atomic E-state index is 0.0196. The van der Waals surface area contributed by atoms with E-state index in [1.165, 1.54) is 0 Å². The lowest BCUT2D eigenvalue weighted by atomic mass is 9.83. The SMILES string of the molecule is CC1(C)CNCc2c(C(N)=O)n[nH]c21. The zero-order valence-electron chi connectivity index (χ0n) is 8.35. The molecule has 76 valence electrons. The molecule has 1 aliphatic rings. The standard InChI is InChI=1S/C9H14N4O/c1-9(2)4-11-3-5-6(8(10)14)12-13-7(5)9/h11H,3-4H2,1-2H3,(H2,10,14)(H,12,13). The zero-order chi connectivity index (χ0) is 10.3. The maximum absolute atomic E-state index is 11.1. The Balaban J connectivity index is 2.53. The van der Waals surface area contributed by atoms with Gasteiger partial charge in [0.2, 0.25) is 0 Å². The lowest BCUT2D eigenvalue weighted by molar-refractivity contribution is 0.0994. The third-order valence-electron chi connectivity index (χ3n) is 2.65. The zero-order valence-corrected chi connectivity index (χ0v) is 8.35. The summed E-state index contributed by atoms with van der Waals surface area (Å²) in [6.07, 6.45) is 0. The number of aromatic amines is 1. The highest BCUT2D eigenvalue weighted by molar-refractivity contribution is 5.92. The molecule has 0 radical (unpaired) electrons. The first-order valence-electron chi connectivity index (χ1n) is 4.60. The van der Waals surface area contributed by atoms with Crippen LogP contribution in [-0.2, 0) is 12.0 Å². The van der Waals surface area contributed by atoms with Gasteiger partial charge in [-0.25, -0.2) is 0 Å². The smallest absolute Gasteiger partial charge is 0.269 e. The highest BCUT2D eigenvalue weighted by Crippen LogP contribution is 2.28. The molecule has 0 fully saturated rings. The monoisotopic (exact) mass is 194 g/mol. The molecule has 5 nitrogen and oxygen atoms in total. The number of aromatic nitrogens is 2. The Morgan fingerprint density at radius 1 is 1.57 bits per heavy atom. The van der Waals surface area contributed by atoms with Crippen molar-refractivity contribution in [2.45, 2.75) is 25.8 Å². The fourth-order valence-electron chi connectivity index (χ4n) is 1.89. The van der Waals surface area contributed by atoms with Gasteiger partial charge in [0.25, 0.3) is 5.91 Å². The number of fused-ring (bicyclic) bond motifs is 1. The first kappa shape index (κ1) is 9.21. The van der Waals surface area contributed by atoms with Gasteiger partial charge in [-0.3, -0.25) is 9.89 Å². The highest BCUT2D eigenvalue weighted by Gasteiger charge is 2.32. The number of rotatable bonds is 1. The maximum Gasteiger partial charge on any atom is 0.269 e. The van der Waals surface area contributed by atoms with Crippen molar-refractivity contribution >= 4 is 5.91 Å². The first-order valence-corrected chi connectivity index (χ1v) is 4.60. The maximum atomic E-state index is 11.1. The van der Waals surface area contributed by atoms with Crippen molar-refractivity contribution in [1.82, 2.24) is 15.5 Å². The Morgan fingerprint density at radius 2 is 2.29 bits per heavy atom. The molecule has 0 spiro atoms. The topological polar surface area (TPSA) is 83.8 Å². The molecule has 0 atom stereocenters. The first-order chi connectivity index (χ1) is 6.52. The van der Waals surface area contributed by atoms with Crippen LogP contribution in [-0.4, -0.2) is 22.6 Å². The molecule has 1 amide bonds. The van der Waals surface area contributed by atoms with E-state index in [9.17, 15) is 4.79 Å². The summed E-state index contributed by atoms with van der Waals surface area (Å²) in [5, 5.41) is 10.1. The van der Waals surface area contributed by atoms with Crippen LogP contribution in [0.15, 0.2) is 0 Å². The van der Waals surface area contributed by atoms with Gasteiger partial charge in [-0.1, -0.05) is 13.8 Å². The summed E-state index contributed by atoms with van der Waals surface area (Å²) in [6, 6.07) is 0. The summed E-state index contributed by atoms with van der Waals surface area (Å²) in [5.41, 5.74) is 7.49. The molecule has 2 rings (SSSR count). The molecule has 0 unspecified atom stereocenters. The second kappa shape index (κ2) is 2.81. The summed E-state index contributed by atoms with van der Waals surface area (Å²) in [6.45, 7) is 5.73. The van der Waals surface area contributed by atoms with Crippen LogP contribution in [0, 0.1) is 0 Å². The van der Waals surface area contributed by atoms with Crippen molar-refractivity contribution in [2.75, 3.05) is 6.54 Å². The van der Waals surface area contributed by atoms with Gasteiger partial charge in [-0.15, -0.1) is 0 Å². The minimum atomic E-state index is -0.470. The average molecular weight is 194 g/mol. The Hall–Kier alpha value is -1.36. The van der Waals surface area contributed by atoms with Gasteiger partial charge >= 0.3 is 0 Å². The van der Waals surface area contributed by atoms with Gasteiger partial charge < -0.3 is 11.1 Å². The van der Waals surface area contributed by atoms with E-state index in [1.807, 2.05) is 0 Å². The molecule has 1 aromatic heterocycles. The predicted octanol–water partition coefficient (Wildman–Crippen LogP) is -0.111. The molecule has 14 heavy (non-hydrogen) atoms. The summed E-state index contributed by atoms with van der Waals surface area (Å²) >= 11 is 0. The Morgan fingerprint density at radius 3 is 2.93 bits per heavy atom. The number of nitrogens with two attached hydrogens (primary N) is 1. The average Bonchev–Trinajstić information content (AvgIpc) is 2.48. The lowest BCUT2D eigenvalue weighted by Gasteiger charge is -2.29. The Labute approximate surface area is 82.1 Å². The molecule has 1 aromatic rings. The fourth-order valence-corrected chi connectivity index (χ4v) is 1.89. The Kier molecular flexibility index (Phi) is 1.85. The van der Waals surface area contributed by atoms with Crippen molar-refractivity contribution in [2.24, 2.45) is 5.73 Å². The molecule has 1 aliphatic heterocycles. The molecule has 0 saturated heterocycles. The van der Waals surface area contributed by atoms with E-state index in [1.54, 1.807) is 0 Å². The second-order valence-electron chi connectivity index (χ2n) is 4.28. The van der Waals surface area contributed by atoms with E-state index in [4.69, 9.17) is 5.73 Å². The van der Waals surface area contributed by atoms with Crippen LogP contribution < -0.4 is 11.1 Å². The van der Waals surface area contributed by atoms with Gasteiger partial charge in [-0.2, -0.15) is 5.10 Å². The van der Waals surface area contributed by atoms with Gasteiger partial charge in [0.15, 0.2) is 5.69 Å². The highest BCUT2D eigenvalue weighted by atomic mass is 16.1. The van der Waals surface area contributed by atoms with Crippen molar-refractivity contribution in [3.05, 3.63) is 17.0 Å². The van der Waals surface area contributed by atoms with Crippen molar-refractivity contribution in [3.8, 4) is 0 Å². The van der Waals surface area contributed by atoms with Crippen LogP contribution in [0.5, 0.6) is 0 Å². The van der Waals surface area contributed by atoms with Crippen molar-refractivity contribution in [3.63, 3.8) is 0 Å². The third kappa shape index (κ3) is 1.21. The van der Waals surface area contributed by atoms with Gasteiger partial charge in [0.1, 0.15) is 0 Å². The van der Waals surface area contributed by atoms with E-state index in [0.717, 1.165) is 17.8 Å². The predicted molar refractivity (Wildman–Crippen MR) is 51.8 cm³/mol. The van der Waals surface area contributed by atoms with E-state index in [0.29, 0.717) is 12.2 Å². The summed E-state index contributed by atoms with van der Waals surface area (Å²) < 4.78 is 0. The van der Waals surface area contributed by atoms with Crippen LogP contribution in [0.3, 0.4) is 0 Å². The normalized spacial score (nSPS) is 19.0. The lowest BCUT2D eigenvalue weighted by Crippen LogP contribution is -2.39. The molecular weight excluding hydrogens is 180 g/mol. The summed E-state index contributed by atoms with van der Waals surface area (Å²) in [4.78, 5) is 11.1. The molecule has 0 aliphatic carbocycles. The van der Waals surface area contributed by atoms with Gasteiger partial charge in [0.05, 0.1) is 0 Å². The molecule has 0 aromatic carbocycles. The largest absolute Gasteiger partial charge is 0.364 e. The van der Waals surface area contributed by atoms with Crippen LogP contribution in [0.2, 0.25) is 0 Å². The van der Waals surface area contributed by atoms with Crippen LogP contribution in [0.4, 0.5) is 0 Å². The molecule has 0 saturated carbocycles. The van der Waals surface area contributed by atoms with E-state index in [-0.39, 0.29) is 5.41 Å². The molecule has 2 heterocycles. The number of nitrogens with one attached hydrogen (secondary N) is 2. The number of carbonyl (C=O) groups excluding carboxylic acids is 1. The third-order valence-corrected chi connectivity index (χ3v) is 2.65. The van der Waals surface area contributed by atoms with Gasteiger partial charge in [-0.05, 0) is 0 Å². The van der Waals surface area contributed by atoms with E-state index >= 15 is 0 Å². The number of carbonyl (C=O) groups is 1.